The van der Waals surface area contributed by atoms with E-state index in [9.17, 15) is 12.8 Å². The van der Waals surface area contributed by atoms with Gasteiger partial charge in [0.15, 0.2) is 0 Å². The predicted molar refractivity (Wildman–Crippen MR) is 69.1 cm³/mol. The van der Waals surface area contributed by atoms with E-state index in [1.807, 2.05) is 6.92 Å². The Morgan fingerprint density at radius 3 is 2.65 bits per heavy atom. The molecule has 3 nitrogen and oxygen atoms in total. The first-order valence-corrected chi connectivity index (χ1v) is 7.77. The number of benzene rings is 1. The molecule has 0 aliphatic carbocycles. The van der Waals surface area contributed by atoms with Gasteiger partial charge < -0.3 is 0 Å². The summed E-state index contributed by atoms with van der Waals surface area (Å²) < 4.78 is 40.3. The van der Waals surface area contributed by atoms with E-state index in [0.29, 0.717) is 10.9 Å². The van der Waals surface area contributed by atoms with E-state index in [1.165, 1.54) is 12.1 Å². The van der Waals surface area contributed by atoms with Gasteiger partial charge in [-0.25, -0.2) is 17.5 Å². The molecule has 0 saturated heterocycles. The number of rotatable bonds is 5. The monoisotopic (exact) mass is 343 g/mol. The lowest BCUT2D eigenvalue weighted by atomic mass is 10.2. The molecule has 1 N–H and O–H groups in total. The third-order valence-corrected chi connectivity index (χ3v) is 4.26. The van der Waals surface area contributed by atoms with E-state index >= 15 is 0 Å². The van der Waals surface area contributed by atoms with Crippen molar-refractivity contribution < 1.29 is 12.8 Å². The van der Waals surface area contributed by atoms with Gasteiger partial charge in [0.25, 0.3) is 0 Å². The van der Waals surface area contributed by atoms with E-state index in [1.54, 1.807) is 0 Å². The Bertz CT molecular complexity index is 507. The second-order valence-electron chi connectivity index (χ2n) is 3.41. The van der Waals surface area contributed by atoms with Crippen LogP contribution in [0.2, 0.25) is 0 Å². The summed E-state index contributed by atoms with van der Waals surface area (Å²) in [4.78, 5) is -0.379. The quantitative estimate of drug-likeness (QED) is 0.835. The number of alkyl halides is 1. The normalized spacial score (nSPS) is 11.8. The second-order valence-corrected chi connectivity index (χ2v) is 6.33. The van der Waals surface area contributed by atoms with E-state index in [-0.39, 0.29) is 22.9 Å². The van der Waals surface area contributed by atoms with Crippen molar-refractivity contribution in [1.82, 2.24) is 4.72 Å². The average Bonchev–Trinajstić information content (AvgIpc) is 2.29. The summed E-state index contributed by atoms with van der Waals surface area (Å²) in [7, 11) is -3.82. The lowest BCUT2D eigenvalue weighted by molar-refractivity contribution is 0.551. The average molecular weight is 345 g/mol. The lowest BCUT2D eigenvalue weighted by Crippen LogP contribution is -2.25. The van der Waals surface area contributed by atoms with Gasteiger partial charge in [0.1, 0.15) is 10.7 Å². The topological polar surface area (TPSA) is 46.2 Å². The summed E-state index contributed by atoms with van der Waals surface area (Å²) in [6.07, 6.45) is 0.636. The van der Waals surface area contributed by atoms with Crippen LogP contribution >= 0.6 is 27.5 Å². The molecule has 1 aromatic rings. The molecule has 0 spiro atoms. The highest BCUT2D eigenvalue weighted by molar-refractivity contribution is 9.10. The maximum absolute atomic E-state index is 13.9. The van der Waals surface area contributed by atoms with Crippen LogP contribution in [0, 0.1) is 5.82 Å². The number of nitrogens with one attached hydrogen (secondary N) is 1. The van der Waals surface area contributed by atoms with Crippen LogP contribution in [0.25, 0.3) is 0 Å². The fourth-order valence-electron chi connectivity index (χ4n) is 1.23. The zero-order valence-corrected chi connectivity index (χ0v) is 12.3. The number of hydrogen-bond donors (Lipinski definition) is 1. The molecular formula is C10H12BrClFNO2S. The number of halogens is 3. The maximum Gasteiger partial charge on any atom is 0.243 e. The van der Waals surface area contributed by atoms with Crippen molar-refractivity contribution in [2.45, 2.75) is 24.1 Å². The number of hydrogen-bond acceptors (Lipinski definition) is 2. The third-order valence-electron chi connectivity index (χ3n) is 2.05. The molecule has 0 radical (unpaired) electrons. The zero-order chi connectivity index (χ0) is 13.1. The highest BCUT2D eigenvalue weighted by Gasteiger charge is 2.21. The minimum absolute atomic E-state index is 0.0818. The van der Waals surface area contributed by atoms with Gasteiger partial charge in [-0.15, -0.1) is 11.6 Å². The van der Waals surface area contributed by atoms with Gasteiger partial charge in [-0.3, -0.25) is 0 Å². The summed E-state index contributed by atoms with van der Waals surface area (Å²) in [5, 5.41) is 0. The molecule has 0 atom stereocenters. The van der Waals surface area contributed by atoms with Gasteiger partial charge in [-0.1, -0.05) is 22.9 Å². The second kappa shape index (κ2) is 6.13. The van der Waals surface area contributed by atoms with Crippen molar-refractivity contribution >= 4 is 37.6 Å². The molecule has 17 heavy (non-hydrogen) atoms. The number of sulfonamides is 1. The standard InChI is InChI=1S/C10H12BrClFNO2S/c1-2-3-14-17(15,16)9-5-8(11)4-7(6-12)10(9)13/h4-5,14H,2-3,6H2,1H3. The molecule has 7 heteroatoms. The van der Waals surface area contributed by atoms with Crippen LogP contribution in [0.15, 0.2) is 21.5 Å². The van der Waals surface area contributed by atoms with Gasteiger partial charge in [0.2, 0.25) is 10.0 Å². The predicted octanol–water partition coefficient (Wildman–Crippen LogP) is 3.02. The Morgan fingerprint density at radius 2 is 2.12 bits per heavy atom. The molecule has 0 bridgehead atoms. The van der Waals surface area contributed by atoms with Crippen LogP contribution in [0.5, 0.6) is 0 Å². The summed E-state index contributed by atoms with van der Waals surface area (Å²) in [6.45, 7) is 2.09. The molecule has 0 fully saturated rings. The Balaban J connectivity index is 3.26. The van der Waals surface area contributed by atoms with Crippen molar-refractivity contribution in [3.8, 4) is 0 Å². The van der Waals surface area contributed by atoms with Gasteiger partial charge in [-0.2, -0.15) is 0 Å². The van der Waals surface area contributed by atoms with Crippen LogP contribution in [-0.4, -0.2) is 15.0 Å². The molecule has 0 saturated carbocycles. The van der Waals surface area contributed by atoms with Gasteiger partial charge in [0, 0.05) is 16.6 Å². The Hall–Kier alpha value is -0.170. The van der Waals surface area contributed by atoms with Gasteiger partial charge >= 0.3 is 0 Å². The molecular weight excluding hydrogens is 333 g/mol. The third kappa shape index (κ3) is 3.64. The summed E-state index contributed by atoms with van der Waals surface area (Å²) in [5.74, 6) is -0.881. The first kappa shape index (κ1) is 14.9. The zero-order valence-electron chi connectivity index (χ0n) is 9.13. The first-order valence-electron chi connectivity index (χ1n) is 4.96. The minimum Gasteiger partial charge on any atom is -0.211 e. The molecule has 0 unspecified atom stereocenters. The first-order chi connectivity index (χ1) is 7.92. The van der Waals surface area contributed by atoms with Crippen LogP contribution in [-0.2, 0) is 15.9 Å². The largest absolute Gasteiger partial charge is 0.243 e. The highest BCUT2D eigenvalue weighted by Crippen LogP contribution is 2.25. The van der Waals surface area contributed by atoms with Crippen molar-refractivity contribution in [3.63, 3.8) is 0 Å². The molecule has 0 aliphatic heterocycles. The molecule has 1 aromatic carbocycles. The molecule has 96 valence electrons. The van der Waals surface area contributed by atoms with E-state index < -0.39 is 15.8 Å². The van der Waals surface area contributed by atoms with Gasteiger partial charge in [-0.05, 0) is 18.6 Å². The summed E-state index contributed by atoms with van der Waals surface area (Å²) in [5.41, 5.74) is 0.151. The SMILES string of the molecule is CCCNS(=O)(=O)c1cc(Br)cc(CCl)c1F. The van der Waals surface area contributed by atoms with Crippen molar-refractivity contribution in [3.05, 3.63) is 28.0 Å². The van der Waals surface area contributed by atoms with Crippen LogP contribution in [0.4, 0.5) is 4.39 Å². The van der Waals surface area contributed by atoms with E-state index in [2.05, 4.69) is 20.7 Å². The van der Waals surface area contributed by atoms with Crippen LogP contribution in [0.3, 0.4) is 0 Å². The molecule has 0 heterocycles. The molecule has 1 rings (SSSR count). The lowest BCUT2D eigenvalue weighted by Gasteiger charge is -2.09. The minimum atomic E-state index is -3.82. The van der Waals surface area contributed by atoms with Crippen molar-refractivity contribution in [1.29, 1.82) is 0 Å². The van der Waals surface area contributed by atoms with Crippen molar-refractivity contribution in [2.75, 3.05) is 6.54 Å². The Morgan fingerprint density at radius 1 is 1.47 bits per heavy atom. The summed E-state index contributed by atoms with van der Waals surface area (Å²) >= 11 is 8.69. The van der Waals surface area contributed by atoms with E-state index in [4.69, 9.17) is 11.6 Å². The van der Waals surface area contributed by atoms with Crippen molar-refractivity contribution in [2.24, 2.45) is 0 Å². The van der Waals surface area contributed by atoms with Crippen LogP contribution in [0.1, 0.15) is 18.9 Å². The maximum atomic E-state index is 13.9. The highest BCUT2D eigenvalue weighted by atomic mass is 79.9. The van der Waals surface area contributed by atoms with Gasteiger partial charge in [0.05, 0.1) is 5.88 Å². The smallest absolute Gasteiger partial charge is 0.211 e. The van der Waals surface area contributed by atoms with E-state index in [0.717, 1.165) is 0 Å². The Kier molecular flexibility index (Phi) is 5.37. The molecule has 0 aromatic heterocycles. The Labute approximate surface area is 114 Å². The fraction of sp³-hybridized carbons (Fsp3) is 0.400. The fourth-order valence-corrected chi connectivity index (χ4v) is 3.35. The molecule has 0 amide bonds. The van der Waals surface area contributed by atoms with Crippen LogP contribution < -0.4 is 4.72 Å². The molecule has 0 aliphatic rings. The summed E-state index contributed by atoms with van der Waals surface area (Å²) in [6, 6.07) is 2.69.